The molecule has 9 nitrogen and oxygen atoms in total. The number of aliphatic carboxylic acids is 1. The minimum absolute atomic E-state index is 0.271. The molecule has 3 rings (SSSR count). The molecule has 0 atom stereocenters. The molecule has 0 aliphatic rings. The van der Waals surface area contributed by atoms with Crippen molar-refractivity contribution in [2.45, 2.75) is 6.18 Å². The number of carbonyl (C=O) groups is 2. The molecule has 0 aliphatic carbocycles. The number of carboxylic acids is 1. The summed E-state index contributed by atoms with van der Waals surface area (Å²) in [5.74, 6) is -2.41. The summed E-state index contributed by atoms with van der Waals surface area (Å²) in [5, 5.41) is 16.7. The number of nitrogens with two attached hydrogens (primary N) is 1. The standard InChI is InChI=1S/C16H16ClN5O2S.C2HF3O2/c1-22-14(12(17)9-20-22)11-8-10(2-3-13(11)24-6-4-18)21-15(23)16-19-5-7-25-16;3-2(4,5)1(6)7/h2-3,5,7-9H,4,6,18H2,1H3,(H,21,23);(H,6,7). The van der Waals surface area contributed by atoms with E-state index in [-0.39, 0.29) is 5.91 Å². The predicted molar refractivity (Wildman–Crippen MR) is 112 cm³/mol. The van der Waals surface area contributed by atoms with E-state index in [0.717, 1.165) is 5.56 Å². The number of benzene rings is 1. The number of hydrogen-bond acceptors (Lipinski definition) is 7. The summed E-state index contributed by atoms with van der Waals surface area (Å²) in [5.41, 5.74) is 7.54. The smallest absolute Gasteiger partial charge is 0.490 e. The Hall–Kier alpha value is -3.16. The highest BCUT2D eigenvalue weighted by molar-refractivity contribution is 7.11. The molecule has 0 aliphatic heterocycles. The molecule has 1 amide bonds. The van der Waals surface area contributed by atoms with Crippen LogP contribution >= 0.6 is 22.9 Å². The van der Waals surface area contributed by atoms with Gasteiger partial charge in [-0.2, -0.15) is 18.3 Å². The molecule has 0 radical (unpaired) electrons. The molecule has 0 bridgehead atoms. The van der Waals surface area contributed by atoms with Crippen molar-refractivity contribution in [2.24, 2.45) is 12.8 Å². The van der Waals surface area contributed by atoms with Gasteiger partial charge in [0.05, 0.1) is 16.9 Å². The van der Waals surface area contributed by atoms with Crippen LogP contribution in [0.1, 0.15) is 9.80 Å². The van der Waals surface area contributed by atoms with Crippen LogP contribution in [0.5, 0.6) is 5.75 Å². The monoisotopic (exact) mass is 491 g/mol. The summed E-state index contributed by atoms with van der Waals surface area (Å²) in [4.78, 5) is 25.1. The molecule has 3 aromatic rings. The third-order valence-corrected chi connectivity index (χ3v) is 4.68. The van der Waals surface area contributed by atoms with Gasteiger partial charge in [0, 0.05) is 36.4 Å². The van der Waals surface area contributed by atoms with Crippen LogP contribution in [0, 0.1) is 0 Å². The van der Waals surface area contributed by atoms with Gasteiger partial charge in [0.25, 0.3) is 5.91 Å². The number of aromatic nitrogens is 3. The second kappa shape index (κ2) is 10.9. The van der Waals surface area contributed by atoms with Gasteiger partial charge in [-0.25, -0.2) is 9.78 Å². The van der Waals surface area contributed by atoms with Crippen LogP contribution in [0.3, 0.4) is 0 Å². The molecule has 14 heteroatoms. The van der Waals surface area contributed by atoms with Gasteiger partial charge in [-0.05, 0) is 18.2 Å². The molecule has 0 fully saturated rings. The third kappa shape index (κ3) is 6.67. The zero-order valence-corrected chi connectivity index (χ0v) is 18.0. The molecule has 2 aromatic heterocycles. The first kappa shape index (κ1) is 25.1. The quantitative estimate of drug-likeness (QED) is 0.481. The summed E-state index contributed by atoms with van der Waals surface area (Å²) in [6.07, 6.45) is -1.94. The fraction of sp³-hybridized carbons (Fsp3) is 0.222. The molecule has 0 unspecified atom stereocenters. The normalized spacial score (nSPS) is 10.8. The molecule has 1 aromatic carbocycles. The number of nitrogens with one attached hydrogen (secondary N) is 1. The lowest BCUT2D eigenvalue weighted by Gasteiger charge is -2.14. The minimum Gasteiger partial charge on any atom is -0.492 e. The van der Waals surface area contributed by atoms with Crippen molar-refractivity contribution in [3.05, 3.63) is 46.0 Å². The van der Waals surface area contributed by atoms with Crippen molar-refractivity contribution in [3.63, 3.8) is 0 Å². The van der Waals surface area contributed by atoms with Crippen LogP contribution in [0.25, 0.3) is 11.3 Å². The first-order valence-electron chi connectivity index (χ1n) is 8.70. The number of halogens is 4. The molecule has 4 N–H and O–H groups in total. The van der Waals surface area contributed by atoms with Crippen LogP contribution in [0.15, 0.2) is 36.0 Å². The maximum Gasteiger partial charge on any atom is 0.490 e. The van der Waals surface area contributed by atoms with Gasteiger partial charge in [0.1, 0.15) is 12.4 Å². The lowest BCUT2D eigenvalue weighted by Crippen LogP contribution is -2.21. The van der Waals surface area contributed by atoms with Gasteiger partial charge in [-0.15, -0.1) is 11.3 Å². The number of carboxylic acid groups (broad SMARTS) is 1. The number of nitrogens with zero attached hydrogens (tertiary/aromatic N) is 3. The first-order valence-corrected chi connectivity index (χ1v) is 9.96. The second-order valence-corrected chi connectivity index (χ2v) is 7.21. The van der Waals surface area contributed by atoms with Crippen LogP contribution in [-0.2, 0) is 11.8 Å². The number of carbonyl (C=O) groups excluding carboxylic acids is 1. The molecule has 0 saturated heterocycles. The van der Waals surface area contributed by atoms with Crippen molar-refractivity contribution in [1.29, 1.82) is 0 Å². The molecular weight excluding hydrogens is 475 g/mol. The lowest BCUT2D eigenvalue weighted by molar-refractivity contribution is -0.192. The van der Waals surface area contributed by atoms with E-state index in [1.807, 2.05) is 0 Å². The fourth-order valence-corrected chi connectivity index (χ4v) is 3.12. The van der Waals surface area contributed by atoms with Gasteiger partial charge in [0.15, 0.2) is 5.01 Å². The highest BCUT2D eigenvalue weighted by Crippen LogP contribution is 2.36. The fourth-order valence-electron chi connectivity index (χ4n) is 2.32. The Labute approximate surface area is 188 Å². The van der Waals surface area contributed by atoms with Crippen LogP contribution in [-0.4, -0.2) is 51.1 Å². The van der Waals surface area contributed by atoms with E-state index in [9.17, 15) is 18.0 Å². The van der Waals surface area contributed by atoms with Gasteiger partial charge in [-0.3, -0.25) is 9.48 Å². The zero-order chi connectivity index (χ0) is 23.9. The van der Waals surface area contributed by atoms with E-state index in [2.05, 4.69) is 15.4 Å². The van der Waals surface area contributed by atoms with Crippen molar-refractivity contribution < 1.29 is 32.6 Å². The topological polar surface area (TPSA) is 132 Å². The van der Waals surface area contributed by atoms with Gasteiger partial charge in [-0.1, -0.05) is 11.6 Å². The number of rotatable bonds is 6. The first-order chi connectivity index (χ1) is 15.0. The van der Waals surface area contributed by atoms with Crippen LogP contribution in [0.4, 0.5) is 18.9 Å². The molecule has 2 heterocycles. The average molecular weight is 492 g/mol. The summed E-state index contributed by atoms with van der Waals surface area (Å²) in [6.45, 7) is 0.758. The van der Waals surface area contributed by atoms with Gasteiger partial charge < -0.3 is 20.9 Å². The average Bonchev–Trinajstić information content (AvgIpc) is 3.37. The summed E-state index contributed by atoms with van der Waals surface area (Å²) in [6, 6.07) is 5.32. The maximum absolute atomic E-state index is 12.2. The van der Waals surface area contributed by atoms with Crippen LogP contribution in [0.2, 0.25) is 5.02 Å². The Morgan fingerprint density at radius 3 is 2.56 bits per heavy atom. The van der Waals surface area contributed by atoms with Gasteiger partial charge >= 0.3 is 12.1 Å². The third-order valence-electron chi connectivity index (χ3n) is 3.63. The van der Waals surface area contributed by atoms with E-state index in [4.69, 9.17) is 32.0 Å². The van der Waals surface area contributed by atoms with Crippen molar-refractivity contribution in [1.82, 2.24) is 14.8 Å². The Kier molecular flexibility index (Phi) is 8.57. The molecular formula is C18H17ClF3N5O4S. The number of aryl methyl sites for hydroxylation is 1. The summed E-state index contributed by atoms with van der Waals surface area (Å²) < 4.78 is 39.1. The minimum atomic E-state index is -5.08. The molecule has 32 heavy (non-hydrogen) atoms. The number of anilines is 1. The number of hydrogen-bond donors (Lipinski definition) is 3. The number of thiazole rings is 1. The van der Waals surface area contributed by atoms with Crippen LogP contribution < -0.4 is 15.8 Å². The summed E-state index contributed by atoms with van der Waals surface area (Å²) in [7, 11) is 1.79. The Morgan fingerprint density at radius 1 is 1.38 bits per heavy atom. The largest absolute Gasteiger partial charge is 0.492 e. The van der Waals surface area contributed by atoms with E-state index >= 15 is 0 Å². The zero-order valence-electron chi connectivity index (χ0n) is 16.4. The van der Waals surface area contributed by atoms with E-state index in [1.165, 1.54) is 11.3 Å². The van der Waals surface area contributed by atoms with Crippen molar-refractivity contribution >= 4 is 40.5 Å². The number of amides is 1. The molecule has 0 spiro atoms. The molecule has 0 saturated carbocycles. The SMILES string of the molecule is Cn1ncc(Cl)c1-c1cc(NC(=O)c2nccs2)ccc1OCCN.O=C(O)C(F)(F)F. The Bertz CT molecular complexity index is 1050. The van der Waals surface area contributed by atoms with E-state index in [1.54, 1.807) is 47.7 Å². The Balaban J connectivity index is 0.000000451. The predicted octanol–water partition coefficient (Wildman–Crippen LogP) is 3.42. The highest BCUT2D eigenvalue weighted by atomic mass is 35.5. The van der Waals surface area contributed by atoms with Crippen molar-refractivity contribution in [3.8, 4) is 17.0 Å². The van der Waals surface area contributed by atoms with Crippen molar-refractivity contribution in [2.75, 3.05) is 18.5 Å². The van der Waals surface area contributed by atoms with Gasteiger partial charge in [0.2, 0.25) is 0 Å². The second-order valence-electron chi connectivity index (χ2n) is 5.91. The Morgan fingerprint density at radius 2 is 2.06 bits per heavy atom. The molecule has 172 valence electrons. The number of ether oxygens (including phenoxy) is 1. The number of alkyl halides is 3. The summed E-state index contributed by atoms with van der Waals surface area (Å²) >= 11 is 7.54. The highest BCUT2D eigenvalue weighted by Gasteiger charge is 2.38. The van der Waals surface area contributed by atoms with E-state index < -0.39 is 12.1 Å². The lowest BCUT2D eigenvalue weighted by atomic mass is 10.1. The maximum atomic E-state index is 12.2. The van der Waals surface area contributed by atoms with E-state index in [0.29, 0.717) is 40.3 Å².